The van der Waals surface area contributed by atoms with Gasteiger partial charge < -0.3 is 10.2 Å². The van der Waals surface area contributed by atoms with Gasteiger partial charge in [-0.25, -0.2) is 4.39 Å². The number of hydrogen-bond donors (Lipinski definition) is 1. The number of halogens is 2. The Morgan fingerprint density at radius 2 is 1.94 bits per heavy atom. The van der Waals surface area contributed by atoms with Crippen molar-refractivity contribution in [3.8, 4) is 17.3 Å². The molecule has 1 fully saturated rings. The fourth-order valence-electron chi connectivity index (χ4n) is 4.08. The second-order valence-corrected chi connectivity index (χ2v) is 8.98. The zero-order valence-corrected chi connectivity index (χ0v) is 19.0. The van der Waals surface area contributed by atoms with Gasteiger partial charge in [0.1, 0.15) is 11.5 Å². The maximum atomic E-state index is 13.7. The zero-order valence-electron chi connectivity index (χ0n) is 18.2. The molecule has 0 radical (unpaired) electrons. The lowest BCUT2D eigenvalue weighted by molar-refractivity contribution is -0.132. The third kappa shape index (κ3) is 4.39. The molecule has 2 heterocycles. The van der Waals surface area contributed by atoms with E-state index < -0.39 is 5.82 Å². The molecule has 2 aliphatic rings. The normalized spacial score (nSPS) is 14.9. The fraction of sp³-hybridized carbons (Fsp3) is 0.280. The molecule has 0 atom stereocenters. The fourth-order valence-corrected chi connectivity index (χ4v) is 4.26. The molecular formula is C25H21ClFN5O2. The van der Waals surface area contributed by atoms with Crippen LogP contribution < -0.4 is 5.32 Å². The summed E-state index contributed by atoms with van der Waals surface area (Å²) in [4.78, 5) is 27.9. The highest BCUT2D eigenvalue weighted by Gasteiger charge is 2.33. The average Bonchev–Trinajstić information content (AvgIpc) is 3.57. The average molecular weight is 478 g/mol. The van der Waals surface area contributed by atoms with E-state index >= 15 is 0 Å². The van der Waals surface area contributed by atoms with Gasteiger partial charge >= 0.3 is 0 Å². The van der Waals surface area contributed by atoms with Crippen molar-refractivity contribution in [2.24, 2.45) is 0 Å². The van der Waals surface area contributed by atoms with Gasteiger partial charge in [0.2, 0.25) is 5.91 Å². The summed E-state index contributed by atoms with van der Waals surface area (Å²) in [7, 11) is 0. The van der Waals surface area contributed by atoms with E-state index in [0.717, 1.165) is 18.4 Å². The van der Waals surface area contributed by atoms with Gasteiger partial charge in [-0.3, -0.25) is 14.3 Å². The van der Waals surface area contributed by atoms with Crippen molar-refractivity contribution in [2.75, 3.05) is 6.54 Å². The minimum Gasteiger partial charge on any atom is -0.349 e. The van der Waals surface area contributed by atoms with Gasteiger partial charge in [-0.2, -0.15) is 10.4 Å². The number of hydrogen-bond acceptors (Lipinski definition) is 4. The van der Waals surface area contributed by atoms with Crippen molar-refractivity contribution in [1.29, 1.82) is 5.26 Å². The molecule has 7 nitrogen and oxygen atoms in total. The Bertz CT molecular complexity index is 1320. The molecule has 9 heteroatoms. The van der Waals surface area contributed by atoms with Crippen LogP contribution in [0, 0.1) is 17.1 Å². The number of nitriles is 1. The highest BCUT2D eigenvalue weighted by atomic mass is 35.5. The number of amides is 2. The molecule has 1 N–H and O–H groups in total. The number of nitrogens with one attached hydrogen (secondary N) is 1. The van der Waals surface area contributed by atoms with Gasteiger partial charge in [-0.05, 0) is 48.7 Å². The second-order valence-electron chi connectivity index (χ2n) is 8.57. The van der Waals surface area contributed by atoms with E-state index in [4.69, 9.17) is 16.9 Å². The van der Waals surface area contributed by atoms with Crippen molar-refractivity contribution in [2.45, 2.75) is 38.4 Å². The highest BCUT2D eigenvalue weighted by Crippen LogP contribution is 2.32. The van der Waals surface area contributed by atoms with Gasteiger partial charge in [0.15, 0.2) is 0 Å². The zero-order chi connectivity index (χ0) is 23.8. The molecule has 2 aromatic carbocycles. The van der Waals surface area contributed by atoms with E-state index in [9.17, 15) is 14.0 Å². The van der Waals surface area contributed by atoms with Gasteiger partial charge in [0.05, 0.1) is 47.4 Å². The van der Waals surface area contributed by atoms with E-state index in [1.54, 1.807) is 39.9 Å². The molecule has 1 aliphatic carbocycles. The van der Waals surface area contributed by atoms with Crippen LogP contribution in [0.5, 0.6) is 0 Å². The first-order chi connectivity index (χ1) is 16.4. The molecular weight excluding hydrogens is 457 g/mol. The van der Waals surface area contributed by atoms with Crippen LogP contribution in [0.25, 0.3) is 11.3 Å². The molecule has 2 amide bonds. The summed E-state index contributed by atoms with van der Waals surface area (Å²) >= 11 is 6.00. The van der Waals surface area contributed by atoms with Crippen molar-refractivity contribution < 1.29 is 14.0 Å². The Morgan fingerprint density at radius 1 is 1.18 bits per heavy atom. The van der Waals surface area contributed by atoms with Crippen LogP contribution >= 0.6 is 11.6 Å². The summed E-state index contributed by atoms with van der Waals surface area (Å²) in [6, 6.07) is 13.4. The van der Waals surface area contributed by atoms with Crippen LogP contribution in [-0.2, 0) is 24.3 Å². The lowest BCUT2D eigenvalue weighted by Crippen LogP contribution is -2.40. The Balaban J connectivity index is 1.44. The predicted molar refractivity (Wildman–Crippen MR) is 123 cm³/mol. The Labute approximate surface area is 200 Å². The van der Waals surface area contributed by atoms with Crippen molar-refractivity contribution >= 4 is 23.4 Å². The van der Waals surface area contributed by atoms with Gasteiger partial charge in [-0.15, -0.1) is 0 Å². The minimum atomic E-state index is -0.544. The van der Waals surface area contributed by atoms with Crippen LogP contribution in [0.3, 0.4) is 0 Å². The first-order valence-corrected chi connectivity index (χ1v) is 11.4. The monoisotopic (exact) mass is 477 g/mol. The van der Waals surface area contributed by atoms with Crippen LogP contribution in [0.1, 0.15) is 40.0 Å². The molecule has 172 valence electrons. The lowest BCUT2D eigenvalue weighted by atomic mass is 10.0. The molecule has 5 rings (SSSR count). The largest absolute Gasteiger partial charge is 0.349 e. The van der Waals surface area contributed by atoms with Crippen molar-refractivity contribution in [3.63, 3.8) is 0 Å². The van der Waals surface area contributed by atoms with E-state index in [1.165, 1.54) is 12.1 Å². The van der Waals surface area contributed by atoms with Crippen molar-refractivity contribution in [3.05, 3.63) is 75.7 Å². The first kappa shape index (κ1) is 22.1. The molecule has 1 aromatic heterocycles. The summed E-state index contributed by atoms with van der Waals surface area (Å²) in [6.07, 6.45) is 2.06. The van der Waals surface area contributed by atoms with Crippen molar-refractivity contribution in [1.82, 2.24) is 20.0 Å². The molecule has 0 unspecified atom stereocenters. The van der Waals surface area contributed by atoms with Crippen LogP contribution in [0.15, 0.2) is 42.5 Å². The maximum Gasteiger partial charge on any atom is 0.255 e. The molecule has 0 saturated heterocycles. The van der Waals surface area contributed by atoms with E-state index in [2.05, 4.69) is 16.5 Å². The Kier molecular flexibility index (Phi) is 5.80. The first-order valence-electron chi connectivity index (χ1n) is 11.1. The number of carbonyl (C=O) groups is 2. The number of nitrogens with zero attached hydrogens (tertiary/aromatic N) is 4. The maximum absolute atomic E-state index is 13.7. The Hall–Kier alpha value is -3.70. The molecule has 0 bridgehead atoms. The SMILES string of the molecule is N#Cc1ccc(CC(=O)N2CCn3nc(-c4ccc(F)c(Cl)c4)c(C(=O)NC4CC4)c3C2)cc1. The number of fused-ring (bicyclic) bond motifs is 1. The number of aromatic nitrogens is 2. The van der Waals surface area contributed by atoms with E-state index in [1.807, 2.05) is 0 Å². The minimum absolute atomic E-state index is 0.0451. The summed E-state index contributed by atoms with van der Waals surface area (Å²) in [5.41, 5.74) is 3.37. The predicted octanol–water partition coefficient (Wildman–Crippen LogP) is 3.69. The molecule has 0 spiro atoms. The van der Waals surface area contributed by atoms with Gasteiger partial charge in [0, 0.05) is 18.2 Å². The highest BCUT2D eigenvalue weighted by molar-refractivity contribution is 6.31. The molecule has 3 aromatic rings. The quantitative estimate of drug-likeness (QED) is 0.606. The van der Waals surface area contributed by atoms with E-state index in [0.29, 0.717) is 41.2 Å². The van der Waals surface area contributed by atoms with Gasteiger partial charge in [-0.1, -0.05) is 23.7 Å². The van der Waals surface area contributed by atoms with Crippen LogP contribution in [0.2, 0.25) is 5.02 Å². The molecule has 1 aliphatic heterocycles. The number of carbonyl (C=O) groups excluding carboxylic acids is 2. The van der Waals surface area contributed by atoms with Gasteiger partial charge in [0.25, 0.3) is 5.91 Å². The third-order valence-corrected chi connectivity index (χ3v) is 6.39. The second kappa shape index (κ2) is 8.92. The summed E-state index contributed by atoms with van der Waals surface area (Å²) < 4.78 is 15.5. The van der Waals surface area contributed by atoms with Crippen LogP contribution in [-0.4, -0.2) is 39.1 Å². The van der Waals surface area contributed by atoms with E-state index in [-0.39, 0.29) is 35.8 Å². The Morgan fingerprint density at radius 3 is 2.62 bits per heavy atom. The van der Waals surface area contributed by atoms with Crippen LogP contribution in [0.4, 0.5) is 4.39 Å². The molecule has 34 heavy (non-hydrogen) atoms. The lowest BCUT2D eigenvalue weighted by Gasteiger charge is -2.28. The number of benzene rings is 2. The standard InChI is InChI=1S/C25H21ClFN5O2/c26-19-12-17(5-8-20(19)27)24-23(25(34)29-18-6-7-18)21-14-31(9-10-32(21)30-24)22(33)11-15-1-3-16(13-28)4-2-15/h1-5,8,12,18H,6-7,9-11,14H2,(H,29,34). The smallest absolute Gasteiger partial charge is 0.255 e. The molecule has 1 saturated carbocycles. The third-order valence-electron chi connectivity index (χ3n) is 6.10. The topological polar surface area (TPSA) is 91.0 Å². The summed E-state index contributed by atoms with van der Waals surface area (Å²) in [6.45, 7) is 1.13. The summed E-state index contributed by atoms with van der Waals surface area (Å²) in [5, 5.41) is 16.6. The summed E-state index contributed by atoms with van der Waals surface area (Å²) in [5.74, 6) is -0.865. The number of rotatable bonds is 5.